The highest BCUT2D eigenvalue weighted by Crippen LogP contribution is 2.33. The van der Waals surface area contributed by atoms with Gasteiger partial charge in [-0.05, 0) is 32.3 Å². The van der Waals surface area contributed by atoms with Gasteiger partial charge in [-0.25, -0.2) is 0 Å². The highest BCUT2D eigenvalue weighted by atomic mass is 16.5. The SMILES string of the molecule is OBOBO.c1cc2ccc3cccc4ccc(c1)c2c34. The molecule has 0 spiro atoms. The van der Waals surface area contributed by atoms with Gasteiger partial charge in [0, 0.05) is 0 Å². The Bertz CT molecular complexity index is 732. The summed E-state index contributed by atoms with van der Waals surface area (Å²) in [4.78, 5) is 0. The van der Waals surface area contributed by atoms with Crippen molar-refractivity contribution in [2.45, 2.75) is 0 Å². The molecule has 0 saturated heterocycles. The zero-order valence-corrected chi connectivity index (χ0v) is 11.5. The van der Waals surface area contributed by atoms with E-state index in [1.807, 2.05) is 0 Å². The van der Waals surface area contributed by atoms with Gasteiger partial charge in [0.2, 0.25) is 0 Å². The predicted molar refractivity (Wildman–Crippen MR) is 90.0 cm³/mol. The fourth-order valence-electron chi connectivity index (χ4n) is 2.71. The summed E-state index contributed by atoms with van der Waals surface area (Å²) in [5.74, 6) is 0. The van der Waals surface area contributed by atoms with Crippen molar-refractivity contribution in [2.24, 2.45) is 0 Å². The molecular weight excluding hydrogens is 262 g/mol. The standard InChI is InChI=1S/C16H10.B2H4O3/c1-3-11-7-9-13-5-2-6-14-10-8-12(4-1)15(11)16(13)14;3-1-5-2-4/h1-10H;1-4H. The van der Waals surface area contributed by atoms with Gasteiger partial charge in [-0.15, -0.1) is 0 Å². The number of hydrogen-bond donors (Lipinski definition) is 2. The summed E-state index contributed by atoms with van der Waals surface area (Å²) < 4.78 is 3.94. The molecule has 3 nitrogen and oxygen atoms in total. The van der Waals surface area contributed by atoms with E-state index in [1.54, 1.807) is 0 Å². The molecule has 0 aliphatic heterocycles. The lowest BCUT2D eigenvalue weighted by atomic mass is 9.95. The van der Waals surface area contributed by atoms with Gasteiger partial charge in [-0.2, -0.15) is 0 Å². The monoisotopic (exact) mass is 276 g/mol. The molecule has 0 bridgehead atoms. The molecule has 4 aromatic carbocycles. The molecule has 2 N–H and O–H groups in total. The Morgan fingerprint density at radius 3 is 1.14 bits per heavy atom. The summed E-state index contributed by atoms with van der Waals surface area (Å²) in [6, 6.07) is 21.9. The van der Waals surface area contributed by atoms with Crippen molar-refractivity contribution in [2.75, 3.05) is 0 Å². The molecule has 0 unspecified atom stereocenters. The lowest BCUT2D eigenvalue weighted by Gasteiger charge is -2.09. The van der Waals surface area contributed by atoms with Crippen LogP contribution in [0.25, 0.3) is 32.3 Å². The zero-order valence-electron chi connectivity index (χ0n) is 11.5. The Hall–Kier alpha value is -2.07. The molecule has 0 aliphatic carbocycles. The first-order valence-corrected chi connectivity index (χ1v) is 6.77. The molecule has 0 atom stereocenters. The molecule has 102 valence electrons. The Balaban J connectivity index is 0.000000233. The van der Waals surface area contributed by atoms with E-state index < -0.39 is 15.4 Å². The summed E-state index contributed by atoms with van der Waals surface area (Å²) in [5.41, 5.74) is 0. The van der Waals surface area contributed by atoms with Crippen molar-refractivity contribution in [3.63, 3.8) is 0 Å². The molecule has 0 heterocycles. The second-order valence-electron chi connectivity index (χ2n) is 4.75. The fourth-order valence-corrected chi connectivity index (χ4v) is 2.71. The van der Waals surface area contributed by atoms with E-state index in [1.165, 1.54) is 32.3 Å². The average molecular weight is 276 g/mol. The number of rotatable bonds is 2. The smallest absolute Gasteiger partial charge is 0.421 e. The van der Waals surface area contributed by atoms with Crippen LogP contribution in [-0.4, -0.2) is 25.4 Å². The van der Waals surface area contributed by atoms with Crippen LogP contribution >= 0.6 is 0 Å². The molecule has 5 heteroatoms. The Kier molecular flexibility index (Phi) is 4.06. The van der Waals surface area contributed by atoms with Gasteiger partial charge in [-0.3, -0.25) is 0 Å². The maximum absolute atomic E-state index is 7.68. The molecule has 0 radical (unpaired) electrons. The van der Waals surface area contributed by atoms with Crippen molar-refractivity contribution in [1.29, 1.82) is 0 Å². The largest absolute Gasteiger partial charge is 0.457 e. The third kappa shape index (κ3) is 2.59. The summed E-state index contributed by atoms with van der Waals surface area (Å²) in [5, 5.41) is 23.5. The molecule has 0 aliphatic rings. The van der Waals surface area contributed by atoms with Crippen LogP contribution in [0.5, 0.6) is 0 Å². The topological polar surface area (TPSA) is 49.7 Å². The third-order valence-electron chi connectivity index (χ3n) is 3.58. The number of benzene rings is 4. The van der Waals surface area contributed by atoms with Crippen LogP contribution in [-0.2, 0) is 4.57 Å². The van der Waals surface area contributed by atoms with Crippen LogP contribution in [0.4, 0.5) is 0 Å². The van der Waals surface area contributed by atoms with Gasteiger partial charge in [0.25, 0.3) is 0 Å². The minimum absolute atomic E-state index is 0.406. The van der Waals surface area contributed by atoms with Gasteiger partial charge in [-0.1, -0.05) is 60.7 Å². The first-order chi connectivity index (χ1) is 10.3. The first-order valence-electron chi connectivity index (χ1n) is 6.77. The minimum Gasteiger partial charge on any atom is -0.457 e. The van der Waals surface area contributed by atoms with E-state index in [0.29, 0.717) is 0 Å². The second kappa shape index (κ2) is 6.14. The van der Waals surface area contributed by atoms with E-state index in [9.17, 15) is 0 Å². The lowest BCUT2D eigenvalue weighted by molar-refractivity contribution is 0.408. The van der Waals surface area contributed by atoms with Crippen LogP contribution in [0.2, 0.25) is 0 Å². The molecule has 0 amide bonds. The van der Waals surface area contributed by atoms with Gasteiger partial charge < -0.3 is 14.6 Å². The van der Waals surface area contributed by atoms with Crippen molar-refractivity contribution < 1.29 is 14.6 Å². The van der Waals surface area contributed by atoms with E-state index in [-0.39, 0.29) is 0 Å². The quantitative estimate of drug-likeness (QED) is 0.435. The van der Waals surface area contributed by atoms with Crippen molar-refractivity contribution in [3.05, 3.63) is 60.7 Å². The highest BCUT2D eigenvalue weighted by molar-refractivity contribution is 6.32. The Morgan fingerprint density at radius 1 is 0.571 bits per heavy atom. The van der Waals surface area contributed by atoms with Crippen LogP contribution in [0.1, 0.15) is 0 Å². The predicted octanol–water partition coefficient (Wildman–Crippen LogP) is 2.10. The van der Waals surface area contributed by atoms with Crippen LogP contribution < -0.4 is 0 Å². The van der Waals surface area contributed by atoms with Gasteiger partial charge in [0.15, 0.2) is 0 Å². The molecule has 0 aromatic heterocycles. The second-order valence-corrected chi connectivity index (χ2v) is 4.75. The summed E-state index contributed by atoms with van der Waals surface area (Å²) in [6.45, 7) is 0. The van der Waals surface area contributed by atoms with Gasteiger partial charge in [0.05, 0.1) is 0 Å². The average Bonchev–Trinajstić information content (AvgIpc) is 2.54. The van der Waals surface area contributed by atoms with Crippen molar-refractivity contribution in [1.82, 2.24) is 0 Å². The molecule has 4 aromatic rings. The molecule has 0 fully saturated rings. The zero-order chi connectivity index (χ0) is 14.7. The van der Waals surface area contributed by atoms with E-state index in [2.05, 4.69) is 65.2 Å². The molecule has 0 saturated carbocycles. The Labute approximate surface area is 123 Å². The van der Waals surface area contributed by atoms with Crippen LogP contribution in [0.3, 0.4) is 0 Å². The molecular formula is C16H14B2O3. The normalized spacial score (nSPS) is 10.6. The van der Waals surface area contributed by atoms with E-state index >= 15 is 0 Å². The van der Waals surface area contributed by atoms with Gasteiger partial charge >= 0.3 is 15.4 Å². The van der Waals surface area contributed by atoms with E-state index in [0.717, 1.165) is 0 Å². The van der Waals surface area contributed by atoms with Crippen molar-refractivity contribution in [3.8, 4) is 0 Å². The van der Waals surface area contributed by atoms with Crippen LogP contribution in [0.15, 0.2) is 60.7 Å². The number of hydrogen-bond acceptors (Lipinski definition) is 3. The summed E-state index contributed by atoms with van der Waals surface area (Å²) in [6.07, 6.45) is 0. The first kappa shape index (κ1) is 13.9. The van der Waals surface area contributed by atoms with Crippen LogP contribution in [0, 0.1) is 0 Å². The Morgan fingerprint density at radius 2 is 0.905 bits per heavy atom. The third-order valence-corrected chi connectivity index (χ3v) is 3.58. The maximum Gasteiger partial charge on any atom is 0.421 e. The van der Waals surface area contributed by atoms with Crippen molar-refractivity contribution >= 4 is 47.7 Å². The molecule has 4 rings (SSSR count). The van der Waals surface area contributed by atoms with E-state index in [4.69, 9.17) is 10.0 Å². The van der Waals surface area contributed by atoms with Gasteiger partial charge in [0.1, 0.15) is 0 Å². The maximum atomic E-state index is 7.68. The fraction of sp³-hybridized carbons (Fsp3) is 0. The lowest BCUT2D eigenvalue weighted by Crippen LogP contribution is -2.00. The summed E-state index contributed by atoms with van der Waals surface area (Å²) >= 11 is 0. The highest BCUT2D eigenvalue weighted by Gasteiger charge is 2.05. The molecule has 21 heavy (non-hydrogen) atoms. The summed E-state index contributed by atoms with van der Waals surface area (Å²) in [7, 11) is -0.812. The minimum atomic E-state index is -0.406.